The summed E-state index contributed by atoms with van der Waals surface area (Å²) in [7, 11) is 2.08. The molecule has 2 rings (SSSR count). The zero-order valence-corrected chi connectivity index (χ0v) is 11.6. The van der Waals surface area contributed by atoms with Gasteiger partial charge in [-0.1, -0.05) is 0 Å². The van der Waals surface area contributed by atoms with Crippen LogP contribution in [0.2, 0.25) is 0 Å². The maximum Gasteiger partial charge on any atom is 0.125 e. The monoisotopic (exact) mass is 257 g/mol. The standard InChI is InChI=1S/C15H19N3O/c1-10(2)18(3)7-6-12-9-17-15-11(8-16)4-5-13(19)14(12)15/h4-5,9-10,17,19H,6-7H2,1-3H3. The van der Waals surface area contributed by atoms with Crippen LogP contribution in [0.3, 0.4) is 0 Å². The molecule has 0 saturated heterocycles. The molecular weight excluding hydrogens is 238 g/mol. The molecule has 2 N–H and O–H groups in total. The van der Waals surface area contributed by atoms with E-state index in [-0.39, 0.29) is 5.75 Å². The highest BCUT2D eigenvalue weighted by atomic mass is 16.3. The predicted octanol–water partition coefficient (Wildman–Crippen LogP) is 2.63. The van der Waals surface area contributed by atoms with Gasteiger partial charge < -0.3 is 15.0 Å². The number of nitrogens with zero attached hydrogens (tertiary/aromatic N) is 2. The van der Waals surface area contributed by atoms with Crippen LogP contribution >= 0.6 is 0 Å². The quantitative estimate of drug-likeness (QED) is 0.885. The van der Waals surface area contributed by atoms with Crippen LogP contribution in [0.25, 0.3) is 10.9 Å². The summed E-state index contributed by atoms with van der Waals surface area (Å²) in [6, 6.07) is 5.86. The fraction of sp³-hybridized carbons (Fsp3) is 0.400. The van der Waals surface area contributed by atoms with E-state index in [1.165, 1.54) is 0 Å². The summed E-state index contributed by atoms with van der Waals surface area (Å²) in [5.74, 6) is 0.234. The van der Waals surface area contributed by atoms with Crippen molar-refractivity contribution in [3.63, 3.8) is 0 Å². The molecule has 0 aliphatic carbocycles. The molecular formula is C15H19N3O. The Kier molecular flexibility index (Phi) is 3.77. The number of hydrogen-bond donors (Lipinski definition) is 2. The lowest BCUT2D eigenvalue weighted by molar-refractivity contribution is 0.278. The van der Waals surface area contributed by atoms with Gasteiger partial charge in [0.05, 0.1) is 11.1 Å². The van der Waals surface area contributed by atoms with Crippen molar-refractivity contribution in [1.29, 1.82) is 5.26 Å². The normalized spacial score (nSPS) is 11.4. The highest BCUT2D eigenvalue weighted by Crippen LogP contribution is 2.30. The minimum absolute atomic E-state index is 0.234. The number of phenolic OH excluding ortho intramolecular Hbond substituents is 1. The van der Waals surface area contributed by atoms with E-state index in [0.717, 1.165) is 29.4 Å². The third-order valence-electron chi connectivity index (χ3n) is 3.63. The van der Waals surface area contributed by atoms with Gasteiger partial charge in [-0.2, -0.15) is 5.26 Å². The lowest BCUT2D eigenvalue weighted by Crippen LogP contribution is -2.28. The molecule has 1 aromatic carbocycles. The fourth-order valence-corrected chi connectivity index (χ4v) is 2.14. The molecule has 100 valence electrons. The lowest BCUT2D eigenvalue weighted by Gasteiger charge is -2.20. The van der Waals surface area contributed by atoms with Crippen molar-refractivity contribution in [3.05, 3.63) is 29.5 Å². The van der Waals surface area contributed by atoms with E-state index in [0.29, 0.717) is 11.6 Å². The molecule has 4 nitrogen and oxygen atoms in total. The molecule has 19 heavy (non-hydrogen) atoms. The maximum absolute atomic E-state index is 9.99. The summed E-state index contributed by atoms with van der Waals surface area (Å²) in [6.45, 7) is 5.22. The molecule has 0 bridgehead atoms. The molecule has 0 saturated carbocycles. The molecule has 0 aliphatic rings. The summed E-state index contributed by atoms with van der Waals surface area (Å²) in [6.07, 6.45) is 2.73. The number of nitriles is 1. The van der Waals surface area contributed by atoms with Gasteiger partial charge in [0.25, 0.3) is 0 Å². The molecule has 2 aromatic rings. The number of aromatic amines is 1. The number of H-pyrrole nitrogens is 1. The first-order valence-electron chi connectivity index (χ1n) is 6.47. The Balaban J connectivity index is 2.33. The summed E-state index contributed by atoms with van der Waals surface area (Å²) < 4.78 is 0. The largest absolute Gasteiger partial charge is 0.507 e. The Morgan fingerprint density at radius 2 is 2.16 bits per heavy atom. The van der Waals surface area contributed by atoms with Gasteiger partial charge in [-0.3, -0.25) is 0 Å². The molecule has 4 heteroatoms. The van der Waals surface area contributed by atoms with Gasteiger partial charge in [-0.25, -0.2) is 0 Å². The summed E-state index contributed by atoms with van der Waals surface area (Å²) in [5.41, 5.74) is 2.35. The zero-order valence-electron chi connectivity index (χ0n) is 11.6. The highest BCUT2D eigenvalue weighted by Gasteiger charge is 2.13. The van der Waals surface area contributed by atoms with E-state index in [4.69, 9.17) is 5.26 Å². The van der Waals surface area contributed by atoms with Crippen LogP contribution in [0.15, 0.2) is 18.3 Å². The lowest BCUT2D eigenvalue weighted by atomic mass is 10.1. The Hall–Kier alpha value is -1.99. The van der Waals surface area contributed by atoms with Crippen molar-refractivity contribution in [2.24, 2.45) is 0 Å². The van der Waals surface area contributed by atoms with Crippen LogP contribution in [-0.2, 0) is 6.42 Å². The van der Waals surface area contributed by atoms with Crippen LogP contribution in [0.5, 0.6) is 5.75 Å². The molecule has 0 aliphatic heterocycles. The van der Waals surface area contributed by atoms with Crippen molar-refractivity contribution < 1.29 is 5.11 Å². The van der Waals surface area contributed by atoms with Crippen LogP contribution in [0, 0.1) is 11.3 Å². The number of phenols is 1. The van der Waals surface area contributed by atoms with Crippen LogP contribution in [0.1, 0.15) is 25.0 Å². The number of aromatic hydroxyl groups is 1. The Morgan fingerprint density at radius 1 is 1.42 bits per heavy atom. The molecule has 0 amide bonds. The second kappa shape index (κ2) is 5.33. The first kappa shape index (κ1) is 13.4. The van der Waals surface area contributed by atoms with E-state index in [1.807, 2.05) is 6.20 Å². The van der Waals surface area contributed by atoms with E-state index in [9.17, 15) is 5.11 Å². The Bertz CT molecular complexity index is 622. The van der Waals surface area contributed by atoms with Crippen molar-refractivity contribution >= 4 is 10.9 Å². The molecule has 1 heterocycles. The van der Waals surface area contributed by atoms with Crippen LogP contribution < -0.4 is 0 Å². The second-order valence-electron chi connectivity index (χ2n) is 5.13. The highest BCUT2D eigenvalue weighted by molar-refractivity contribution is 5.93. The van der Waals surface area contributed by atoms with E-state index in [2.05, 4.69) is 36.8 Å². The zero-order chi connectivity index (χ0) is 14.0. The molecule has 0 spiro atoms. The summed E-state index contributed by atoms with van der Waals surface area (Å²) in [4.78, 5) is 5.35. The third kappa shape index (κ3) is 2.56. The van der Waals surface area contributed by atoms with Gasteiger partial charge in [0.2, 0.25) is 0 Å². The summed E-state index contributed by atoms with van der Waals surface area (Å²) >= 11 is 0. The minimum Gasteiger partial charge on any atom is -0.507 e. The number of nitrogens with one attached hydrogen (secondary N) is 1. The topological polar surface area (TPSA) is 63.0 Å². The molecule has 0 unspecified atom stereocenters. The smallest absolute Gasteiger partial charge is 0.125 e. The first-order chi connectivity index (χ1) is 9.04. The van der Waals surface area contributed by atoms with Crippen molar-refractivity contribution in [3.8, 4) is 11.8 Å². The number of rotatable bonds is 4. The van der Waals surface area contributed by atoms with E-state index < -0.39 is 0 Å². The van der Waals surface area contributed by atoms with Crippen molar-refractivity contribution in [1.82, 2.24) is 9.88 Å². The van der Waals surface area contributed by atoms with Crippen molar-refractivity contribution in [2.75, 3.05) is 13.6 Å². The predicted molar refractivity (Wildman–Crippen MR) is 76.1 cm³/mol. The van der Waals surface area contributed by atoms with Gasteiger partial charge in [0.15, 0.2) is 0 Å². The minimum atomic E-state index is 0.234. The SMILES string of the molecule is CC(C)N(C)CCc1c[nH]c2c(C#N)ccc(O)c12. The number of fused-ring (bicyclic) bond motifs is 1. The van der Waals surface area contributed by atoms with Crippen molar-refractivity contribution in [2.45, 2.75) is 26.3 Å². The average molecular weight is 257 g/mol. The first-order valence-corrected chi connectivity index (χ1v) is 6.47. The molecule has 0 fully saturated rings. The van der Waals surface area contributed by atoms with Gasteiger partial charge in [0.1, 0.15) is 11.8 Å². The van der Waals surface area contributed by atoms with Gasteiger partial charge in [-0.15, -0.1) is 0 Å². The number of hydrogen-bond acceptors (Lipinski definition) is 3. The summed E-state index contributed by atoms with van der Waals surface area (Å²) in [5, 5.41) is 19.8. The fourth-order valence-electron chi connectivity index (χ4n) is 2.14. The number of benzene rings is 1. The molecule has 1 aromatic heterocycles. The van der Waals surface area contributed by atoms with Gasteiger partial charge in [0, 0.05) is 24.2 Å². The Morgan fingerprint density at radius 3 is 2.79 bits per heavy atom. The Labute approximate surface area is 113 Å². The third-order valence-corrected chi connectivity index (χ3v) is 3.63. The number of likely N-dealkylation sites (N-methyl/N-ethyl adjacent to an activating group) is 1. The average Bonchev–Trinajstić information content (AvgIpc) is 2.81. The van der Waals surface area contributed by atoms with Crippen LogP contribution in [-0.4, -0.2) is 34.6 Å². The second-order valence-corrected chi connectivity index (χ2v) is 5.13. The van der Waals surface area contributed by atoms with E-state index >= 15 is 0 Å². The maximum atomic E-state index is 9.99. The molecule has 0 radical (unpaired) electrons. The number of aromatic nitrogens is 1. The van der Waals surface area contributed by atoms with Gasteiger partial charge >= 0.3 is 0 Å². The van der Waals surface area contributed by atoms with Crippen LogP contribution in [0.4, 0.5) is 0 Å². The van der Waals surface area contributed by atoms with Gasteiger partial charge in [-0.05, 0) is 45.0 Å². The molecule has 0 atom stereocenters. The van der Waals surface area contributed by atoms with E-state index in [1.54, 1.807) is 12.1 Å².